The molecule has 5 heteroatoms. The van der Waals surface area contributed by atoms with Crippen LogP contribution < -0.4 is 5.32 Å². The molecule has 1 atom stereocenters. The predicted molar refractivity (Wildman–Crippen MR) is 81.6 cm³/mol. The maximum absolute atomic E-state index is 12.1. The summed E-state index contributed by atoms with van der Waals surface area (Å²) in [5, 5.41) is 2.97. The zero-order valence-electron chi connectivity index (χ0n) is 10.8. The molecular weight excluding hydrogens is 324 g/mol. The Balaban J connectivity index is 1.97. The van der Waals surface area contributed by atoms with Crippen LogP contribution in [0.5, 0.6) is 0 Å². The van der Waals surface area contributed by atoms with E-state index in [0.29, 0.717) is 10.2 Å². The van der Waals surface area contributed by atoms with Crippen LogP contribution in [0.15, 0.2) is 34.9 Å². The topological polar surface area (TPSA) is 42.0 Å². The number of nitrogens with zero attached hydrogens (tertiary/aromatic N) is 1. The van der Waals surface area contributed by atoms with Crippen molar-refractivity contribution < 1.29 is 4.79 Å². The lowest BCUT2D eigenvalue weighted by molar-refractivity contribution is 0.0934. The SMILES string of the molecule is Cc1ccc(CC(C)NC(=O)c2ncccc2Br)s1. The first-order valence-corrected chi connectivity index (χ1v) is 7.64. The van der Waals surface area contributed by atoms with Crippen molar-refractivity contribution in [1.29, 1.82) is 0 Å². The van der Waals surface area contributed by atoms with Gasteiger partial charge in [-0.1, -0.05) is 0 Å². The first-order chi connectivity index (χ1) is 9.06. The van der Waals surface area contributed by atoms with E-state index in [1.165, 1.54) is 9.75 Å². The second-order valence-corrected chi connectivity index (χ2v) is 6.65. The monoisotopic (exact) mass is 338 g/mol. The number of hydrogen-bond acceptors (Lipinski definition) is 3. The van der Waals surface area contributed by atoms with Crippen LogP contribution in [0, 0.1) is 6.92 Å². The molecule has 3 nitrogen and oxygen atoms in total. The molecule has 2 heterocycles. The summed E-state index contributed by atoms with van der Waals surface area (Å²) in [7, 11) is 0. The number of carbonyl (C=O) groups excluding carboxylic acids is 1. The summed E-state index contributed by atoms with van der Waals surface area (Å²) in [6.45, 7) is 4.09. The lowest BCUT2D eigenvalue weighted by Crippen LogP contribution is -2.34. The minimum Gasteiger partial charge on any atom is -0.348 e. The van der Waals surface area contributed by atoms with Gasteiger partial charge in [0.1, 0.15) is 5.69 Å². The van der Waals surface area contributed by atoms with Crippen LogP contribution in [-0.4, -0.2) is 16.9 Å². The van der Waals surface area contributed by atoms with Crippen molar-refractivity contribution in [2.24, 2.45) is 0 Å². The van der Waals surface area contributed by atoms with Crippen LogP contribution in [0.2, 0.25) is 0 Å². The van der Waals surface area contributed by atoms with Gasteiger partial charge >= 0.3 is 0 Å². The number of aromatic nitrogens is 1. The third-order valence-corrected chi connectivity index (χ3v) is 4.32. The Morgan fingerprint density at radius 3 is 2.89 bits per heavy atom. The molecule has 1 unspecified atom stereocenters. The molecule has 100 valence electrons. The molecule has 0 bridgehead atoms. The number of pyridine rings is 1. The standard InChI is InChI=1S/C14H15BrN2OS/c1-9(8-11-6-5-10(2)19-11)17-14(18)13-12(15)4-3-7-16-13/h3-7,9H,8H2,1-2H3,(H,17,18). The highest BCUT2D eigenvalue weighted by Gasteiger charge is 2.14. The summed E-state index contributed by atoms with van der Waals surface area (Å²) in [5.41, 5.74) is 0.428. The fourth-order valence-electron chi connectivity index (χ4n) is 1.79. The van der Waals surface area contributed by atoms with E-state index in [-0.39, 0.29) is 11.9 Å². The van der Waals surface area contributed by atoms with Gasteiger partial charge in [0.05, 0.1) is 0 Å². The second kappa shape index (κ2) is 6.30. The first kappa shape index (κ1) is 14.2. The number of hydrogen-bond donors (Lipinski definition) is 1. The van der Waals surface area contributed by atoms with Crippen molar-refractivity contribution >= 4 is 33.2 Å². The summed E-state index contributed by atoms with van der Waals surface area (Å²) in [6, 6.07) is 7.90. The van der Waals surface area contributed by atoms with Gasteiger partial charge in [-0.3, -0.25) is 4.79 Å². The van der Waals surface area contributed by atoms with Gasteiger partial charge in [-0.05, 0) is 54.0 Å². The van der Waals surface area contributed by atoms with Crippen LogP contribution in [-0.2, 0) is 6.42 Å². The summed E-state index contributed by atoms with van der Waals surface area (Å²) < 4.78 is 0.715. The average Bonchev–Trinajstić information content (AvgIpc) is 2.74. The van der Waals surface area contributed by atoms with Crippen LogP contribution in [0.3, 0.4) is 0 Å². The third kappa shape index (κ3) is 3.88. The van der Waals surface area contributed by atoms with E-state index in [9.17, 15) is 4.79 Å². The van der Waals surface area contributed by atoms with Crippen molar-refractivity contribution in [3.63, 3.8) is 0 Å². The third-order valence-electron chi connectivity index (χ3n) is 2.65. The number of carbonyl (C=O) groups is 1. The molecule has 0 saturated carbocycles. The van der Waals surface area contributed by atoms with E-state index in [2.05, 4.69) is 45.3 Å². The van der Waals surface area contributed by atoms with Crippen molar-refractivity contribution in [3.05, 3.63) is 50.4 Å². The molecule has 2 rings (SSSR count). The summed E-state index contributed by atoms with van der Waals surface area (Å²) in [4.78, 5) is 18.7. The summed E-state index contributed by atoms with van der Waals surface area (Å²) in [6.07, 6.45) is 2.46. The Bertz CT molecular complexity index is 582. The van der Waals surface area contributed by atoms with Gasteiger partial charge in [-0.2, -0.15) is 0 Å². The van der Waals surface area contributed by atoms with Crippen molar-refractivity contribution in [1.82, 2.24) is 10.3 Å². The van der Waals surface area contributed by atoms with E-state index < -0.39 is 0 Å². The number of nitrogens with one attached hydrogen (secondary N) is 1. The number of amides is 1. The fourth-order valence-corrected chi connectivity index (χ4v) is 3.25. The number of halogens is 1. The Morgan fingerprint density at radius 2 is 2.26 bits per heavy atom. The number of rotatable bonds is 4. The molecule has 0 radical (unpaired) electrons. The zero-order valence-corrected chi connectivity index (χ0v) is 13.2. The van der Waals surface area contributed by atoms with Crippen LogP contribution in [0.4, 0.5) is 0 Å². The quantitative estimate of drug-likeness (QED) is 0.925. The smallest absolute Gasteiger partial charge is 0.271 e. The van der Waals surface area contributed by atoms with E-state index in [1.807, 2.05) is 13.0 Å². The molecule has 0 spiro atoms. The predicted octanol–water partition coefficient (Wildman–Crippen LogP) is 3.58. The summed E-state index contributed by atoms with van der Waals surface area (Å²) in [5.74, 6) is -0.145. The van der Waals surface area contributed by atoms with E-state index in [0.717, 1.165) is 6.42 Å². The Hall–Kier alpha value is -1.20. The first-order valence-electron chi connectivity index (χ1n) is 6.03. The molecule has 0 aromatic carbocycles. The van der Waals surface area contributed by atoms with Gasteiger partial charge in [0, 0.05) is 32.9 Å². The number of thiophene rings is 1. The zero-order chi connectivity index (χ0) is 13.8. The Labute approximate surface area is 125 Å². The van der Waals surface area contributed by atoms with Crippen LogP contribution in [0.25, 0.3) is 0 Å². The van der Waals surface area contributed by atoms with Crippen molar-refractivity contribution in [2.75, 3.05) is 0 Å². The maximum Gasteiger partial charge on any atom is 0.271 e. The highest BCUT2D eigenvalue weighted by Crippen LogP contribution is 2.17. The molecule has 1 amide bonds. The molecule has 0 aliphatic carbocycles. The van der Waals surface area contributed by atoms with Crippen molar-refractivity contribution in [3.8, 4) is 0 Å². The molecule has 0 fully saturated rings. The molecule has 0 aliphatic rings. The highest BCUT2D eigenvalue weighted by atomic mass is 79.9. The lowest BCUT2D eigenvalue weighted by Gasteiger charge is -2.13. The van der Waals surface area contributed by atoms with E-state index >= 15 is 0 Å². The molecule has 2 aromatic rings. The van der Waals surface area contributed by atoms with Gasteiger partial charge in [-0.15, -0.1) is 11.3 Å². The molecule has 1 N–H and O–H groups in total. The lowest BCUT2D eigenvalue weighted by atomic mass is 10.2. The average molecular weight is 339 g/mol. The van der Waals surface area contributed by atoms with Gasteiger partial charge in [0.25, 0.3) is 5.91 Å². The van der Waals surface area contributed by atoms with E-state index in [4.69, 9.17) is 0 Å². The Kier molecular flexibility index (Phi) is 4.71. The van der Waals surface area contributed by atoms with Gasteiger partial charge in [0.2, 0.25) is 0 Å². The fraction of sp³-hybridized carbons (Fsp3) is 0.286. The molecular formula is C14H15BrN2OS. The van der Waals surface area contributed by atoms with Crippen molar-refractivity contribution in [2.45, 2.75) is 26.3 Å². The van der Waals surface area contributed by atoms with Gasteiger partial charge in [0.15, 0.2) is 0 Å². The molecule has 2 aromatic heterocycles. The minimum atomic E-state index is -0.145. The van der Waals surface area contributed by atoms with E-state index in [1.54, 1.807) is 23.6 Å². The minimum absolute atomic E-state index is 0.0828. The molecule has 0 aliphatic heterocycles. The van der Waals surface area contributed by atoms with Crippen LogP contribution in [0.1, 0.15) is 27.2 Å². The summed E-state index contributed by atoms with van der Waals surface area (Å²) >= 11 is 5.10. The van der Waals surface area contributed by atoms with Gasteiger partial charge in [-0.25, -0.2) is 4.98 Å². The largest absolute Gasteiger partial charge is 0.348 e. The normalized spacial score (nSPS) is 12.2. The number of aryl methyl sites for hydroxylation is 1. The Morgan fingerprint density at radius 1 is 1.47 bits per heavy atom. The molecule has 0 saturated heterocycles. The molecule has 19 heavy (non-hydrogen) atoms. The van der Waals surface area contributed by atoms with Crippen LogP contribution >= 0.6 is 27.3 Å². The highest BCUT2D eigenvalue weighted by molar-refractivity contribution is 9.10. The second-order valence-electron chi connectivity index (χ2n) is 4.42. The maximum atomic E-state index is 12.1. The van der Waals surface area contributed by atoms with Gasteiger partial charge < -0.3 is 5.32 Å².